The number of hydrogen-bond acceptors (Lipinski definition) is 5. The molecule has 35 heavy (non-hydrogen) atoms. The van der Waals surface area contributed by atoms with Gasteiger partial charge in [-0.25, -0.2) is 4.90 Å². The van der Waals surface area contributed by atoms with Crippen molar-refractivity contribution in [3.8, 4) is 5.75 Å². The Hall–Kier alpha value is -4.46. The zero-order chi connectivity index (χ0) is 24.9. The molecule has 0 unspecified atom stereocenters. The molecule has 0 saturated carbocycles. The Labute approximate surface area is 202 Å². The van der Waals surface area contributed by atoms with Gasteiger partial charge in [-0.3, -0.25) is 19.2 Å². The van der Waals surface area contributed by atoms with Gasteiger partial charge in [-0.2, -0.15) is 0 Å². The summed E-state index contributed by atoms with van der Waals surface area (Å²) in [6.45, 7) is 4.94. The predicted molar refractivity (Wildman–Crippen MR) is 132 cm³/mol. The van der Waals surface area contributed by atoms with E-state index in [1.165, 1.54) is 18.2 Å². The summed E-state index contributed by atoms with van der Waals surface area (Å²) < 4.78 is 5.41. The highest BCUT2D eigenvalue weighted by molar-refractivity contribution is 6.34. The monoisotopic (exact) mass is 471 g/mol. The largest absolute Gasteiger partial charge is 0.494 e. The van der Waals surface area contributed by atoms with Gasteiger partial charge in [0.2, 0.25) is 0 Å². The van der Waals surface area contributed by atoms with Crippen LogP contribution in [0.5, 0.6) is 5.75 Å². The normalized spacial score (nSPS) is 12.3. The summed E-state index contributed by atoms with van der Waals surface area (Å²) in [6, 6.07) is 17.6. The zero-order valence-corrected chi connectivity index (χ0v) is 19.5. The summed E-state index contributed by atoms with van der Waals surface area (Å²) in [7, 11) is 0. The Balaban J connectivity index is 1.48. The standard InChI is InChI=1S/C27H25N3O5/c1-3-15-28-24(31)17-5-8-19(9-6-17)29-25(32)18-7-14-22-23(16-18)27(34)30(26(22)33)20-10-12-21(13-11-20)35-4-2/h5-14,16H,3-4,15H2,1-2H3,(H,28,31)(H,29,32). The number of carbonyl (C=O) groups excluding carboxylic acids is 4. The van der Waals surface area contributed by atoms with E-state index >= 15 is 0 Å². The van der Waals surface area contributed by atoms with E-state index in [0.717, 1.165) is 11.3 Å². The van der Waals surface area contributed by atoms with Crippen LogP contribution in [0.15, 0.2) is 66.7 Å². The van der Waals surface area contributed by atoms with Crippen LogP contribution in [-0.2, 0) is 0 Å². The van der Waals surface area contributed by atoms with Gasteiger partial charge in [-0.1, -0.05) is 6.92 Å². The summed E-state index contributed by atoms with van der Waals surface area (Å²) in [5.74, 6) is -0.912. The number of ether oxygens (including phenoxy) is 1. The van der Waals surface area contributed by atoms with Crippen molar-refractivity contribution in [3.05, 3.63) is 89.0 Å². The molecule has 1 aliphatic rings. The fourth-order valence-corrected chi connectivity index (χ4v) is 3.72. The van der Waals surface area contributed by atoms with Crippen LogP contribution < -0.4 is 20.3 Å². The number of carbonyl (C=O) groups is 4. The molecule has 1 aliphatic heterocycles. The maximum absolute atomic E-state index is 13.0. The lowest BCUT2D eigenvalue weighted by molar-refractivity contribution is 0.0921. The molecule has 8 nitrogen and oxygen atoms in total. The van der Waals surface area contributed by atoms with Crippen LogP contribution in [0.2, 0.25) is 0 Å². The van der Waals surface area contributed by atoms with E-state index in [4.69, 9.17) is 4.74 Å². The Morgan fingerprint density at radius 1 is 0.800 bits per heavy atom. The van der Waals surface area contributed by atoms with Gasteiger partial charge in [0.05, 0.1) is 23.4 Å². The Bertz CT molecular complexity index is 1280. The molecule has 3 aromatic carbocycles. The van der Waals surface area contributed by atoms with Crippen molar-refractivity contribution in [1.29, 1.82) is 0 Å². The third-order valence-corrected chi connectivity index (χ3v) is 5.50. The first kappa shape index (κ1) is 23.7. The third-order valence-electron chi connectivity index (χ3n) is 5.50. The number of benzene rings is 3. The van der Waals surface area contributed by atoms with Crippen LogP contribution in [0.4, 0.5) is 11.4 Å². The molecule has 0 aromatic heterocycles. The average Bonchev–Trinajstić information content (AvgIpc) is 3.13. The summed E-state index contributed by atoms with van der Waals surface area (Å²) >= 11 is 0. The fourth-order valence-electron chi connectivity index (χ4n) is 3.72. The van der Waals surface area contributed by atoms with Crippen molar-refractivity contribution in [2.75, 3.05) is 23.4 Å². The molecule has 2 N–H and O–H groups in total. The van der Waals surface area contributed by atoms with Crippen LogP contribution in [0.3, 0.4) is 0 Å². The number of rotatable bonds is 8. The number of amides is 4. The minimum absolute atomic E-state index is 0.166. The number of nitrogens with one attached hydrogen (secondary N) is 2. The maximum Gasteiger partial charge on any atom is 0.266 e. The van der Waals surface area contributed by atoms with E-state index in [2.05, 4.69) is 10.6 Å². The van der Waals surface area contributed by atoms with Gasteiger partial charge in [-0.05, 0) is 80.1 Å². The highest BCUT2D eigenvalue weighted by Crippen LogP contribution is 2.30. The first-order valence-corrected chi connectivity index (χ1v) is 11.4. The topological polar surface area (TPSA) is 105 Å². The number of anilines is 2. The van der Waals surface area contributed by atoms with E-state index in [1.54, 1.807) is 48.5 Å². The Kier molecular flexibility index (Phi) is 6.91. The Morgan fingerprint density at radius 2 is 1.46 bits per heavy atom. The van der Waals surface area contributed by atoms with E-state index in [9.17, 15) is 19.2 Å². The highest BCUT2D eigenvalue weighted by Gasteiger charge is 2.37. The molecule has 0 saturated heterocycles. The zero-order valence-electron chi connectivity index (χ0n) is 19.5. The summed E-state index contributed by atoms with van der Waals surface area (Å²) in [5.41, 5.74) is 2.06. The summed E-state index contributed by atoms with van der Waals surface area (Å²) in [6.07, 6.45) is 0.840. The average molecular weight is 472 g/mol. The maximum atomic E-state index is 13.0. The van der Waals surface area contributed by atoms with Gasteiger partial charge in [0, 0.05) is 23.4 Å². The smallest absolute Gasteiger partial charge is 0.266 e. The van der Waals surface area contributed by atoms with E-state index in [1.807, 2.05) is 13.8 Å². The third kappa shape index (κ3) is 4.91. The number of nitrogens with zero attached hydrogens (tertiary/aromatic N) is 1. The van der Waals surface area contributed by atoms with Crippen molar-refractivity contribution in [1.82, 2.24) is 5.32 Å². The van der Waals surface area contributed by atoms with Crippen molar-refractivity contribution >= 4 is 35.0 Å². The molecule has 4 rings (SSSR count). The first-order chi connectivity index (χ1) is 16.9. The molecule has 3 aromatic rings. The molecule has 8 heteroatoms. The van der Waals surface area contributed by atoms with Gasteiger partial charge in [-0.15, -0.1) is 0 Å². The summed E-state index contributed by atoms with van der Waals surface area (Å²) in [5, 5.41) is 5.55. The molecule has 0 fully saturated rings. The number of fused-ring (bicyclic) bond motifs is 1. The first-order valence-electron chi connectivity index (χ1n) is 11.4. The van der Waals surface area contributed by atoms with Gasteiger partial charge >= 0.3 is 0 Å². The van der Waals surface area contributed by atoms with Crippen molar-refractivity contribution in [2.24, 2.45) is 0 Å². The lowest BCUT2D eigenvalue weighted by atomic mass is 10.1. The van der Waals surface area contributed by atoms with E-state index < -0.39 is 17.7 Å². The second kappa shape index (κ2) is 10.2. The van der Waals surface area contributed by atoms with Gasteiger partial charge in [0.15, 0.2) is 0 Å². The molecule has 1 heterocycles. The SMILES string of the molecule is CCCNC(=O)c1ccc(NC(=O)c2ccc3c(c2)C(=O)N(c2ccc(OCC)cc2)C3=O)cc1. The lowest BCUT2D eigenvalue weighted by Gasteiger charge is -2.14. The van der Waals surface area contributed by atoms with E-state index in [0.29, 0.717) is 35.8 Å². The second-order valence-electron chi connectivity index (χ2n) is 7.92. The predicted octanol–water partition coefficient (Wildman–Crippen LogP) is 4.28. The van der Waals surface area contributed by atoms with Crippen molar-refractivity contribution < 1.29 is 23.9 Å². The van der Waals surface area contributed by atoms with Crippen LogP contribution in [0.25, 0.3) is 0 Å². The highest BCUT2D eigenvalue weighted by atomic mass is 16.5. The molecule has 0 aliphatic carbocycles. The van der Waals surface area contributed by atoms with Gasteiger partial charge < -0.3 is 15.4 Å². The minimum atomic E-state index is -0.494. The Morgan fingerprint density at radius 3 is 2.11 bits per heavy atom. The van der Waals surface area contributed by atoms with Gasteiger partial charge in [0.25, 0.3) is 23.6 Å². The molecule has 0 radical (unpaired) electrons. The number of imide groups is 1. The quantitative estimate of drug-likeness (QED) is 0.477. The molecule has 0 bridgehead atoms. The lowest BCUT2D eigenvalue weighted by Crippen LogP contribution is -2.29. The van der Waals surface area contributed by atoms with Crippen LogP contribution in [-0.4, -0.2) is 36.8 Å². The summed E-state index contributed by atoms with van der Waals surface area (Å²) in [4.78, 5) is 51.8. The van der Waals surface area contributed by atoms with E-state index in [-0.39, 0.29) is 22.6 Å². The molecular formula is C27H25N3O5. The number of hydrogen-bond donors (Lipinski definition) is 2. The van der Waals surface area contributed by atoms with Crippen LogP contribution >= 0.6 is 0 Å². The molecule has 4 amide bonds. The van der Waals surface area contributed by atoms with Crippen LogP contribution in [0, 0.1) is 0 Å². The van der Waals surface area contributed by atoms with Crippen molar-refractivity contribution in [2.45, 2.75) is 20.3 Å². The molecule has 0 spiro atoms. The molecular weight excluding hydrogens is 446 g/mol. The molecule has 0 atom stereocenters. The second-order valence-corrected chi connectivity index (χ2v) is 7.92. The van der Waals surface area contributed by atoms with Crippen LogP contribution in [0.1, 0.15) is 61.7 Å². The fraction of sp³-hybridized carbons (Fsp3) is 0.185. The molecule has 178 valence electrons. The van der Waals surface area contributed by atoms with Crippen molar-refractivity contribution in [3.63, 3.8) is 0 Å². The van der Waals surface area contributed by atoms with Gasteiger partial charge in [0.1, 0.15) is 5.75 Å². The minimum Gasteiger partial charge on any atom is -0.494 e.